The van der Waals surface area contributed by atoms with Crippen molar-refractivity contribution in [3.8, 4) is 0 Å². The van der Waals surface area contributed by atoms with Crippen molar-refractivity contribution in [3.05, 3.63) is 34.4 Å². The predicted molar refractivity (Wildman–Crippen MR) is 67.8 cm³/mol. The zero-order chi connectivity index (χ0) is 14.4. The summed E-state index contributed by atoms with van der Waals surface area (Å²) in [5, 5.41) is 10.5. The number of ether oxygens (including phenoxy) is 1. The number of carbonyl (C=O) groups is 2. The summed E-state index contributed by atoms with van der Waals surface area (Å²) in [5.41, 5.74) is 0.412. The summed E-state index contributed by atoms with van der Waals surface area (Å²) in [7, 11) is 1.49. The van der Waals surface area contributed by atoms with Crippen LogP contribution in [0.3, 0.4) is 0 Å². The Kier molecular flexibility index (Phi) is 4.99. The second-order valence-corrected chi connectivity index (χ2v) is 3.71. The van der Waals surface area contributed by atoms with Gasteiger partial charge in [0.15, 0.2) is 0 Å². The number of rotatable bonds is 5. The van der Waals surface area contributed by atoms with Crippen LogP contribution in [0, 0.1) is 10.1 Å². The molecular formula is C12H14N2O5. The van der Waals surface area contributed by atoms with Gasteiger partial charge in [-0.05, 0) is 19.1 Å². The molecule has 0 spiro atoms. The van der Waals surface area contributed by atoms with E-state index in [1.807, 2.05) is 0 Å². The number of hydrogen-bond acceptors (Lipinski definition) is 5. The van der Waals surface area contributed by atoms with Gasteiger partial charge in [-0.3, -0.25) is 19.7 Å². The van der Waals surface area contributed by atoms with Crippen molar-refractivity contribution >= 4 is 23.3 Å². The summed E-state index contributed by atoms with van der Waals surface area (Å²) in [4.78, 5) is 34.1. The molecule has 19 heavy (non-hydrogen) atoms. The summed E-state index contributed by atoms with van der Waals surface area (Å²) in [6, 6.07) is 5.48. The lowest BCUT2D eigenvalue weighted by Crippen LogP contribution is -2.28. The van der Waals surface area contributed by atoms with Crippen LogP contribution in [-0.2, 0) is 14.3 Å². The molecule has 7 heteroatoms. The van der Waals surface area contributed by atoms with Crippen LogP contribution < -0.4 is 4.90 Å². The SMILES string of the molecule is CCOC(=O)CC(=O)N(C)c1ccc([N+](=O)[O-])cc1. The van der Waals surface area contributed by atoms with Crippen molar-refractivity contribution in [2.45, 2.75) is 13.3 Å². The fourth-order valence-corrected chi connectivity index (χ4v) is 1.40. The first-order valence-electron chi connectivity index (χ1n) is 5.62. The molecule has 0 saturated carbocycles. The maximum absolute atomic E-state index is 11.7. The molecule has 1 amide bonds. The number of carbonyl (C=O) groups excluding carboxylic acids is 2. The Morgan fingerprint density at radius 3 is 2.37 bits per heavy atom. The van der Waals surface area contributed by atoms with Crippen LogP contribution in [0.15, 0.2) is 24.3 Å². The van der Waals surface area contributed by atoms with E-state index in [9.17, 15) is 19.7 Å². The highest BCUT2D eigenvalue weighted by Gasteiger charge is 2.16. The van der Waals surface area contributed by atoms with E-state index in [4.69, 9.17) is 0 Å². The van der Waals surface area contributed by atoms with Crippen molar-refractivity contribution in [2.75, 3.05) is 18.6 Å². The van der Waals surface area contributed by atoms with Crippen LogP contribution in [0.4, 0.5) is 11.4 Å². The molecule has 0 radical (unpaired) electrons. The Labute approximate surface area is 109 Å². The van der Waals surface area contributed by atoms with E-state index in [-0.39, 0.29) is 18.7 Å². The minimum atomic E-state index is -0.596. The molecule has 0 N–H and O–H groups in total. The number of non-ortho nitro benzene ring substituents is 1. The molecule has 0 atom stereocenters. The second-order valence-electron chi connectivity index (χ2n) is 3.71. The van der Waals surface area contributed by atoms with Crippen LogP contribution in [0.2, 0.25) is 0 Å². The van der Waals surface area contributed by atoms with Crippen molar-refractivity contribution in [1.29, 1.82) is 0 Å². The molecule has 0 aliphatic rings. The van der Waals surface area contributed by atoms with Gasteiger partial charge in [0, 0.05) is 24.9 Å². The van der Waals surface area contributed by atoms with Gasteiger partial charge < -0.3 is 9.64 Å². The number of anilines is 1. The van der Waals surface area contributed by atoms with E-state index >= 15 is 0 Å². The van der Waals surface area contributed by atoms with E-state index in [0.29, 0.717) is 5.69 Å². The van der Waals surface area contributed by atoms with Gasteiger partial charge in [0.25, 0.3) is 5.69 Å². The quantitative estimate of drug-likeness (QED) is 0.349. The van der Waals surface area contributed by atoms with Crippen LogP contribution in [0.25, 0.3) is 0 Å². The summed E-state index contributed by atoms with van der Waals surface area (Å²) in [6.07, 6.45) is -0.360. The zero-order valence-electron chi connectivity index (χ0n) is 10.7. The number of nitrogens with zero attached hydrogens (tertiary/aromatic N) is 2. The Morgan fingerprint density at radius 1 is 1.32 bits per heavy atom. The number of nitro groups is 1. The lowest BCUT2D eigenvalue weighted by atomic mass is 10.2. The van der Waals surface area contributed by atoms with Crippen LogP contribution in [-0.4, -0.2) is 30.5 Å². The first kappa shape index (κ1) is 14.6. The molecule has 0 heterocycles. The highest BCUT2D eigenvalue weighted by Crippen LogP contribution is 2.18. The maximum atomic E-state index is 11.7. The van der Waals surface area contributed by atoms with Crippen molar-refractivity contribution in [2.24, 2.45) is 0 Å². The number of hydrogen-bond donors (Lipinski definition) is 0. The molecule has 1 aromatic rings. The summed E-state index contributed by atoms with van der Waals surface area (Å²) in [5.74, 6) is -1.03. The van der Waals surface area contributed by atoms with E-state index in [2.05, 4.69) is 4.74 Å². The van der Waals surface area contributed by atoms with Crippen molar-refractivity contribution < 1.29 is 19.2 Å². The number of esters is 1. The molecule has 102 valence electrons. The summed E-state index contributed by atoms with van der Waals surface area (Å²) < 4.78 is 4.67. The average Bonchev–Trinajstić information content (AvgIpc) is 2.38. The van der Waals surface area contributed by atoms with Crippen LogP contribution in [0.5, 0.6) is 0 Å². The Balaban J connectivity index is 2.71. The lowest BCUT2D eigenvalue weighted by molar-refractivity contribution is -0.384. The topological polar surface area (TPSA) is 89.8 Å². The molecule has 0 saturated heterocycles. The molecule has 0 fully saturated rings. The zero-order valence-corrected chi connectivity index (χ0v) is 10.7. The minimum Gasteiger partial charge on any atom is -0.466 e. The van der Waals surface area contributed by atoms with Crippen LogP contribution >= 0.6 is 0 Å². The Bertz CT molecular complexity index is 483. The lowest BCUT2D eigenvalue weighted by Gasteiger charge is -2.16. The van der Waals surface area contributed by atoms with Gasteiger partial charge in [-0.15, -0.1) is 0 Å². The normalized spacial score (nSPS) is 9.79. The summed E-state index contributed by atoms with van der Waals surface area (Å²) in [6.45, 7) is 1.87. The highest BCUT2D eigenvalue weighted by atomic mass is 16.6. The van der Waals surface area contributed by atoms with Crippen molar-refractivity contribution in [3.63, 3.8) is 0 Å². The van der Waals surface area contributed by atoms with E-state index < -0.39 is 16.8 Å². The molecule has 0 bridgehead atoms. The monoisotopic (exact) mass is 266 g/mol. The fraction of sp³-hybridized carbons (Fsp3) is 0.333. The molecule has 1 rings (SSSR count). The van der Waals surface area contributed by atoms with E-state index in [1.165, 1.54) is 36.2 Å². The molecule has 0 aliphatic carbocycles. The third-order valence-electron chi connectivity index (χ3n) is 2.42. The molecular weight excluding hydrogens is 252 g/mol. The third-order valence-corrected chi connectivity index (χ3v) is 2.42. The van der Waals surface area contributed by atoms with Gasteiger partial charge in [0.2, 0.25) is 5.91 Å². The largest absolute Gasteiger partial charge is 0.466 e. The smallest absolute Gasteiger partial charge is 0.315 e. The van der Waals surface area contributed by atoms with Gasteiger partial charge in [0.05, 0.1) is 11.5 Å². The summed E-state index contributed by atoms with van der Waals surface area (Å²) >= 11 is 0. The minimum absolute atomic E-state index is 0.0602. The number of nitro benzene ring substituents is 1. The van der Waals surface area contributed by atoms with Gasteiger partial charge >= 0.3 is 5.97 Å². The van der Waals surface area contributed by atoms with E-state index in [1.54, 1.807) is 6.92 Å². The Morgan fingerprint density at radius 2 is 1.89 bits per heavy atom. The predicted octanol–water partition coefficient (Wildman–Crippen LogP) is 1.51. The van der Waals surface area contributed by atoms with Gasteiger partial charge in [-0.2, -0.15) is 0 Å². The molecule has 0 aliphatic heterocycles. The molecule has 0 aromatic heterocycles. The van der Waals surface area contributed by atoms with Crippen LogP contribution in [0.1, 0.15) is 13.3 Å². The number of benzene rings is 1. The maximum Gasteiger partial charge on any atom is 0.315 e. The van der Waals surface area contributed by atoms with Crippen molar-refractivity contribution in [1.82, 2.24) is 0 Å². The Hall–Kier alpha value is -2.44. The van der Waals surface area contributed by atoms with Gasteiger partial charge in [0.1, 0.15) is 6.42 Å². The molecule has 1 aromatic carbocycles. The first-order valence-corrected chi connectivity index (χ1v) is 5.62. The molecule has 0 unspecified atom stereocenters. The molecule has 7 nitrogen and oxygen atoms in total. The standard InChI is InChI=1S/C12H14N2O5/c1-3-19-12(16)8-11(15)13(2)9-4-6-10(7-5-9)14(17)18/h4-7H,3,8H2,1-2H3. The highest BCUT2D eigenvalue weighted by molar-refractivity contribution is 6.03. The van der Waals surface area contributed by atoms with Gasteiger partial charge in [-0.1, -0.05) is 0 Å². The second kappa shape index (κ2) is 6.48. The first-order chi connectivity index (χ1) is 8.95. The average molecular weight is 266 g/mol. The number of amides is 1. The fourth-order valence-electron chi connectivity index (χ4n) is 1.40. The van der Waals surface area contributed by atoms with E-state index in [0.717, 1.165) is 0 Å². The third kappa shape index (κ3) is 4.06. The van der Waals surface area contributed by atoms with Gasteiger partial charge in [-0.25, -0.2) is 0 Å².